The second kappa shape index (κ2) is 10.2. The van der Waals surface area contributed by atoms with Crippen molar-refractivity contribution in [1.29, 1.82) is 0 Å². The predicted octanol–water partition coefficient (Wildman–Crippen LogP) is 4.11. The van der Waals surface area contributed by atoms with Crippen molar-refractivity contribution < 1.29 is 9.21 Å². The highest BCUT2D eigenvalue weighted by molar-refractivity contribution is 8.02. The lowest BCUT2D eigenvalue weighted by molar-refractivity contribution is -0.130. The maximum absolute atomic E-state index is 12.5. The summed E-state index contributed by atoms with van der Waals surface area (Å²) in [5.41, 5.74) is 1.19. The topological polar surface area (TPSA) is 36.7 Å². The van der Waals surface area contributed by atoms with Crippen LogP contribution in [0.5, 0.6) is 0 Å². The fraction of sp³-hybridized carbons (Fsp3) is 0.381. The normalized spacial score (nSPS) is 16.1. The van der Waals surface area contributed by atoms with Gasteiger partial charge in [-0.3, -0.25) is 9.69 Å². The van der Waals surface area contributed by atoms with Gasteiger partial charge in [-0.25, -0.2) is 0 Å². The van der Waals surface area contributed by atoms with Crippen LogP contribution in [0, 0.1) is 0 Å². The standard InChI is InChI=1S/C21H26N2O2S/c24-21(10-17-26-16-9-19-6-2-1-3-7-19)23-12-5-11-22(13-14-23)18-20-8-4-15-25-20/h1-4,6-9,15-16H,5,10-14,17-18H2. The lowest BCUT2D eigenvalue weighted by Crippen LogP contribution is -2.35. The van der Waals surface area contributed by atoms with Gasteiger partial charge < -0.3 is 9.32 Å². The first kappa shape index (κ1) is 18.8. The summed E-state index contributed by atoms with van der Waals surface area (Å²) in [7, 11) is 0. The van der Waals surface area contributed by atoms with E-state index in [4.69, 9.17) is 4.42 Å². The Morgan fingerprint density at radius 2 is 1.96 bits per heavy atom. The molecule has 4 nitrogen and oxygen atoms in total. The monoisotopic (exact) mass is 370 g/mol. The third kappa shape index (κ3) is 6.07. The SMILES string of the molecule is O=C(CCSC=Cc1ccccc1)N1CCCN(Cc2ccco2)CC1. The van der Waals surface area contributed by atoms with Crippen LogP contribution in [0.3, 0.4) is 0 Å². The molecule has 0 atom stereocenters. The van der Waals surface area contributed by atoms with E-state index in [-0.39, 0.29) is 5.91 Å². The van der Waals surface area contributed by atoms with Crippen LogP contribution >= 0.6 is 11.8 Å². The largest absolute Gasteiger partial charge is 0.468 e. The molecule has 1 aliphatic rings. The number of nitrogens with zero attached hydrogens (tertiary/aromatic N) is 2. The third-order valence-corrected chi connectivity index (χ3v) is 5.26. The molecule has 1 aliphatic heterocycles. The first-order valence-electron chi connectivity index (χ1n) is 9.17. The van der Waals surface area contributed by atoms with E-state index in [0.717, 1.165) is 50.7 Å². The van der Waals surface area contributed by atoms with Gasteiger partial charge in [0.05, 0.1) is 12.8 Å². The molecule has 3 rings (SSSR count). The zero-order valence-electron chi connectivity index (χ0n) is 15.0. The van der Waals surface area contributed by atoms with Crippen molar-refractivity contribution in [2.75, 3.05) is 31.9 Å². The number of rotatable bonds is 7. The van der Waals surface area contributed by atoms with E-state index in [9.17, 15) is 4.79 Å². The highest BCUT2D eigenvalue weighted by atomic mass is 32.2. The Labute approximate surface area is 159 Å². The Morgan fingerprint density at radius 3 is 2.77 bits per heavy atom. The Balaban J connectivity index is 1.36. The molecule has 5 heteroatoms. The zero-order valence-corrected chi connectivity index (χ0v) is 15.9. The van der Waals surface area contributed by atoms with E-state index in [1.54, 1.807) is 18.0 Å². The molecule has 1 amide bonds. The summed E-state index contributed by atoms with van der Waals surface area (Å²) in [6.45, 7) is 4.42. The number of amides is 1. The number of hydrogen-bond donors (Lipinski definition) is 0. The van der Waals surface area contributed by atoms with Crippen LogP contribution < -0.4 is 0 Å². The van der Waals surface area contributed by atoms with Crippen molar-refractivity contribution in [2.45, 2.75) is 19.4 Å². The van der Waals surface area contributed by atoms with Crippen molar-refractivity contribution >= 4 is 23.7 Å². The second-order valence-electron chi connectivity index (χ2n) is 6.42. The van der Waals surface area contributed by atoms with Crippen LogP contribution in [0.25, 0.3) is 6.08 Å². The fourth-order valence-corrected chi connectivity index (χ4v) is 3.75. The molecular weight excluding hydrogens is 344 g/mol. The molecule has 1 fully saturated rings. The van der Waals surface area contributed by atoms with Crippen LogP contribution in [0.2, 0.25) is 0 Å². The summed E-state index contributed by atoms with van der Waals surface area (Å²) in [6.07, 6.45) is 5.43. The van der Waals surface area contributed by atoms with Crippen LogP contribution in [-0.4, -0.2) is 47.6 Å². The van der Waals surface area contributed by atoms with Gasteiger partial charge in [0.1, 0.15) is 5.76 Å². The minimum Gasteiger partial charge on any atom is -0.468 e. The average molecular weight is 371 g/mol. The van der Waals surface area contributed by atoms with E-state index in [2.05, 4.69) is 28.5 Å². The lowest BCUT2D eigenvalue weighted by atomic mass is 10.2. The zero-order chi connectivity index (χ0) is 18.0. The highest BCUT2D eigenvalue weighted by Gasteiger charge is 2.19. The van der Waals surface area contributed by atoms with Crippen LogP contribution in [-0.2, 0) is 11.3 Å². The summed E-state index contributed by atoms with van der Waals surface area (Å²) in [5.74, 6) is 2.09. The number of furan rings is 1. The van der Waals surface area contributed by atoms with Gasteiger partial charge >= 0.3 is 0 Å². The predicted molar refractivity (Wildman–Crippen MR) is 108 cm³/mol. The van der Waals surface area contributed by atoms with E-state index < -0.39 is 0 Å². The van der Waals surface area contributed by atoms with Crippen molar-refractivity contribution in [3.05, 3.63) is 65.5 Å². The molecule has 0 radical (unpaired) electrons. The molecule has 0 unspecified atom stereocenters. The summed E-state index contributed by atoms with van der Waals surface area (Å²) in [6, 6.07) is 14.2. The van der Waals surface area contributed by atoms with Gasteiger partial charge in [0.2, 0.25) is 5.91 Å². The minimum absolute atomic E-state index is 0.269. The molecule has 0 spiro atoms. The average Bonchev–Trinajstić information content (AvgIpc) is 3.06. The van der Waals surface area contributed by atoms with Crippen LogP contribution in [0.4, 0.5) is 0 Å². The molecule has 2 heterocycles. The quantitative estimate of drug-likeness (QED) is 0.688. The smallest absolute Gasteiger partial charge is 0.223 e. The van der Waals surface area contributed by atoms with Gasteiger partial charge in [0.15, 0.2) is 0 Å². The second-order valence-corrected chi connectivity index (χ2v) is 7.44. The molecule has 1 aromatic carbocycles. The maximum Gasteiger partial charge on any atom is 0.223 e. The highest BCUT2D eigenvalue weighted by Crippen LogP contribution is 2.13. The van der Waals surface area contributed by atoms with E-state index in [1.807, 2.05) is 35.2 Å². The molecule has 1 aromatic heterocycles. The molecular formula is C21H26N2O2S. The van der Waals surface area contributed by atoms with Gasteiger partial charge in [-0.1, -0.05) is 30.3 Å². The van der Waals surface area contributed by atoms with Crippen molar-refractivity contribution in [3.8, 4) is 0 Å². The summed E-state index contributed by atoms with van der Waals surface area (Å²) >= 11 is 1.70. The number of hydrogen-bond acceptors (Lipinski definition) is 4. The van der Waals surface area contributed by atoms with Crippen LogP contribution in [0.1, 0.15) is 24.2 Å². The Hall–Kier alpha value is -1.98. The first-order chi connectivity index (χ1) is 12.8. The van der Waals surface area contributed by atoms with Crippen molar-refractivity contribution in [3.63, 3.8) is 0 Å². The van der Waals surface area contributed by atoms with Gasteiger partial charge in [-0.05, 0) is 35.6 Å². The Kier molecular flexibility index (Phi) is 7.40. The first-order valence-corrected chi connectivity index (χ1v) is 10.2. The molecule has 1 saturated heterocycles. The molecule has 0 N–H and O–H groups in total. The lowest BCUT2D eigenvalue weighted by Gasteiger charge is -2.21. The summed E-state index contributed by atoms with van der Waals surface area (Å²) < 4.78 is 5.43. The number of benzene rings is 1. The minimum atomic E-state index is 0.269. The Bertz CT molecular complexity index is 685. The fourth-order valence-electron chi connectivity index (χ4n) is 3.06. The molecule has 26 heavy (non-hydrogen) atoms. The van der Waals surface area contributed by atoms with Gasteiger partial charge in [-0.15, -0.1) is 11.8 Å². The molecule has 2 aromatic rings. The molecule has 0 bridgehead atoms. The number of carbonyl (C=O) groups is 1. The maximum atomic E-state index is 12.5. The van der Waals surface area contributed by atoms with E-state index >= 15 is 0 Å². The molecule has 138 valence electrons. The van der Waals surface area contributed by atoms with Crippen LogP contribution in [0.15, 0.2) is 58.6 Å². The third-order valence-electron chi connectivity index (χ3n) is 4.49. The van der Waals surface area contributed by atoms with Gasteiger partial charge in [0, 0.05) is 38.4 Å². The molecule has 0 saturated carbocycles. The number of carbonyl (C=O) groups excluding carboxylic acids is 1. The van der Waals surface area contributed by atoms with Crippen molar-refractivity contribution in [1.82, 2.24) is 9.80 Å². The van der Waals surface area contributed by atoms with E-state index in [1.165, 1.54) is 5.56 Å². The van der Waals surface area contributed by atoms with Gasteiger partial charge in [-0.2, -0.15) is 0 Å². The van der Waals surface area contributed by atoms with Gasteiger partial charge in [0.25, 0.3) is 0 Å². The summed E-state index contributed by atoms with van der Waals surface area (Å²) in [5, 5.41) is 2.08. The Morgan fingerprint density at radius 1 is 1.08 bits per heavy atom. The summed E-state index contributed by atoms with van der Waals surface area (Å²) in [4.78, 5) is 16.8. The van der Waals surface area contributed by atoms with Crippen molar-refractivity contribution in [2.24, 2.45) is 0 Å². The number of thioether (sulfide) groups is 1. The van der Waals surface area contributed by atoms with E-state index in [0.29, 0.717) is 6.42 Å². The molecule has 0 aliphatic carbocycles.